The molecule has 4 aromatic rings. The van der Waals surface area contributed by atoms with Crippen LogP contribution in [-0.4, -0.2) is 99.1 Å². The monoisotopic (exact) mass is 704 g/mol. The Kier molecular flexibility index (Phi) is 8.64. The molecule has 2 N–H and O–H groups in total. The maximum absolute atomic E-state index is 14.0. The summed E-state index contributed by atoms with van der Waals surface area (Å²) < 4.78 is 21.0. The maximum Gasteiger partial charge on any atom is 0.338 e. The van der Waals surface area contributed by atoms with Crippen LogP contribution >= 0.6 is 22.9 Å². The number of benzene rings is 2. The minimum Gasteiger partial charge on any atom is -0.478 e. The Morgan fingerprint density at radius 1 is 1.16 bits per heavy atom. The first-order chi connectivity index (χ1) is 23.6. The van der Waals surface area contributed by atoms with Crippen molar-refractivity contribution < 1.29 is 28.6 Å². The van der Waals surface area contributed by atoms with Crippen LogP contribution in [0.3, 0.4) is 0 Å². The molecule has 2 aromatic carbocycles. The molecule has 2 saturated heterocycles. The number of thiazole rings is 1. The molecule has 3 aliphatic rings. The Labute approximate surface area is 288 Å². The van der Waals surface area contributed by atoms with E-state index in [0.29, 0.717) is 66.5 Å². The van der Waals surface area contributed by atoms with Crippen LogP contribution in [0, 0.1) is 5.82 Å². The molecule has 2 atom stereocenters. The van der Waals surface area contributed by atoms with Crippen molar-refractivity contribution in [2.45, 2.75) is 12.1 Å². The van der Waals surface area contributed by atoms with E-state index in [1.165, 1.54) is 48.8 Å². The Balaban J connectivity index is 1.14. The molecule has 2 amide bonds. The lowest BCUT2D eigenvalue weighted by atomic mass is 9.95. The number of ether oxygens (including phenoxy) is 1. The second kappa shape index (κ2) is 13.1. The fourth-order valence-corrected chi connectivity index (χ4v) is 7.27. The highest BCUT2D eigenvalue weighted by atomic mass is 35.5. The van der Waals surface area contributed by atoms with Gasteiger partial charge >= 0.3 is 18.0 Å². The SMILES string of the molecule is COC(=O)C1=C(CN2CCN3C(=O)N(c4cn(C)c(-c5ccc(C(=O)O)cc5)n4)C[C@@H]3C2)NC(c2nccs2)=N[C@H]1c1ccc(F)cc1Cl. The van der Waals surface area contributed by atoms with Crippen LogP contribution in [0.2, 0.25) is 5.02 Å². The van der Waals surface area contributed by atoms with E-state index in [9.17, 15) is 23.9 Å². The standard InChI is InChI=1S/C33H30ClFN8O5S/c1-40-17-25(38-29(40)18-3-5-19(6-4-18)31(44)45)43-15-21-14-41(10-11-42(21)33(43)47)16-24-26(32(46)48-2)27(22-8-7-20(35)13-23(22)34)39-28(37-24)30-36-9-12-49-30/h3-9,12-13,17,21,27H,10-11,14-16H2,1-2H3,(H,37,39)(H,44,45)/t21-,27-/m0/s1. The fraction of sp³-hybridized carbons (Fsp3) is 0.273. The molecule has 13 nitrogen and oxygen atoms in total. The summed E-state index contributed by atoms with van der Waals surface area (Å²) in [7, 11) is 3.12. The highest BCUT2D eigenvalue weighted by Gasteiger charge is 2.43. The van der Waals surface area contributed by atoms with Gasteiger partial charge in [-0.3, -0.25) is 14.8 Å². The van der Waals surface area contributed by atoms with E-state index in [1.807, 2.05) is 21.9 Å². The number of hydrogen-bond donors (Lipinski definition) is 2. The van der Waals surface area contributed by atoms with Crippen LogP contribution in [0.25, 0.3) is 11.4 Å². The number of amidine groups is 1. The number of esters is 1. The van der Waals surface area contributed by atoms with Gasteiger partial charge in [0.15, 0.2) is 16.7 Å². The Morgan fingerprint density at radius 2 is 1.96 bits per heavy atom. The number of aromatic nitrogens is 3. The molecule has 0 unspecified atom stereocenters. The number of aryl methyl sites for hydroxylation is 1. The normalized spacial score (nSPS) is 19.5. The number of urea groups is 1. The number of carboxylic acids is 1. The van der Waals surface area contributed by atoms with Crippen LogP contribution in [0.4, 0.5) is 15.0 Å². The maximum atomic E-state index is 14.0. The third kappa shape index (κ3) is 6.16. The van der Waals surface area contributed by atoms with E-state index in [1.54, 1.807) is 29.4 Å². The number of anilines is 1. The van der Waals surface area contributed by atoms with Crippen molar-refractivity contribution >= 4 is 52.6 Å². The second-order valence-corrected chi connectivity index (χ2v) is 13.1. The number of aromatic carboxylic acids is 1. The molecule has 0 radical (unpaired) electrons. The van der Waals surface area contributed by atoms with Crippen molar-refractivity contribution in [1.82, 2.24) is 29.7 Å². The first-order valence-electron chi connectivity index (χ1n) is 15.3. The average molecular weight is 705 g/mol. The Morgan fingerprint density at radius 3 is 2.65 bits per heavy atom. The molecule has 0 spiro atoms. The van der Waals surface area contributed by atoms with Crippen molar-refractivity contribution in [3.63, 3.8) is 0 Å². The van der Waals surface area contributed by atoms with E-state index >= 15 is 0 Å². The predicted octanol–water partition coefficient (Wildman–Crippen LogP) is 4.18. The van der Waals surface area contributed by atoms with Crippen molar-refractivity contribution in [1.29, 1.82) is 0 Å². The third-order valence-corrected chi connectivity index (χ3v) is 9.88. The van der Waals surface area contributed by atoms with E-state index in [-0.39, 0.29) is 28.2 Å². The van der Waals surface area contributed by atoms with Crippen molar-refractivity contribution in [2.75, 3.05) is 44.7 Å². The summed E-state index contributed by atoms with van der Waals surface area (Å²) in [5.74, 6) is -0.566. The first kappa shape index (κ1) is 32.4. The number of fused-ring (bicyclic) bond motifs is 1. The molecular weight excluding hydrogens is 675 g/mol. The molecule has 49 heavy (non-hydrogen) atoms. The molecule has 252 valence electrons. The molecular formula is C33H30ClFN8O5S. The van der Waals surface area contributed by atoms with Crippen molar-refractivity contribution in [3.05, 3.63) is 98.5 Å². The van der Waals surface area contributed by atoms with Gasteiger partial charge in [0.25, 0.3) is 0 Å². The highest BCUT2D eigenvalue weighted by Crippen LogP contribution is 2.37. The number of methoxy groups -OCH3 is 1. The summed E-state index contributed by atoms with van der Waals surface area (Å²) >= 11 is 7.87. The number of halogens is 2. The quantitative estimate of drug-likeness (QED) is 0.258. The van der Waals surface area contributed by atoms with Gasteiger partial charge in [-0.25, -0.2) is 28.7 Å². The topological polar surface area (TPSA) is 145 Å². The number of hydrogen-bond acceptors (Lipinski definition) is 10. The van der Waals surface area contributed by atoms with Crippen molar-refractivity contribution in [3.8, 4) is 11.4 Å². The van der Waals surface area contributed by atoms with E-state index < -0.39 is 23.8 Å². The van der Waals surface area contributed by atoms with Crippen LogP contribution in [-0.2, 0) is 16.6 Å². The molecule has 16 heteroatoms. The van der Waals surface area contributed by atoms with Gasteiger partial charge in [0.05, 0.1) is 30.8 Å². The van der Waals surface area contributed by atoms with Gasteiger partial charge in [-0.1, -0.05) is 29.8 Å². The van der Waals surface area contributed by atoms with Gasteiger partial charge in [-0.05, 0) is 24.3 Å². The summed E-state index contributed by atoms with van der Waals surface area (Å²) in [6.07, 6.45) is 3.44. The zero-order valence-corrected chi connectivity index (χ0v) is 27.9. The fourth-order valence-electron chi connectivity index (χ4n) is 6.41. The zero-order valence-electron chi connectivity index (χ0n) is 26.3. The zero-order chi connectivity index (χ0) is 34.4. The minimum absolute atomic E-state index is 0.128. The molecule has 7 rings (SSSR count). The Bertz CT molecular complexity index is 2010. The van der Waals surface area contributed by atoms with Crippen LogP contribution in [0.1, 0.15) is 27.0 Å². The molecule has 5 heterocycles. The number of carbonyl (C=O) groups excluding carboxylic acids is 2. The number of nitrogens with one attached hydrogen (secondary N) is 1. The van der Waals surface area contributed by atoms with Gasteiger partial charge in [0.1, 0.15) is 17.7 Å². The lowest BCUT2D eigenvalue weighted by Gasteiger charge is -2.38. The molecule has 0 aliphatic carbocycles. The number of piperazine rings is 1. The molecule has 0 bridgehead atoms. The number of carboxylic acid groups (broad SMARTS) is 1. The van der Waals surface area contributed by atoms with Gasteiger partial charge < -0.3 is 24.6 Å². The van der Waals surface area contributed by atoms with E-state index in [4.69, 9.17) is 26.3 Å². The van der Waals surface area contributed by atoms with E-state index in [2.05, 4.69) is 15.2 Å². The first-order valence-corrected chi connectivity index (χ1v) is 16.6. The van der Waals surface area contributed by atoms with E-state index in [0.717, 1.165) is 5.56 Å². The largest absolute Gasteiger partial charge is 0.478 e. The molecule has 2 aromatic heterocycles. The lowest BCUT2D eigenvalue weighted by molar-refractivity contribution is -0.136. The van der Waals surface area contributed by atoms with Gasteiger partial charge in [0.2, 0.25) is 0 Å². The van der Waals surface area contributed by atoms with Crippen molar-refractivity contribution in [2.24, 2.45) is 12.0 Å². The third-order valence-electron chi connectivity index (χ3n) is 8.77. The number of amides is 2. The number of aliphatic imine (C=N–C) groups is 1. The Hall–Kier alpha value is -5.12. The van der Waals surface area contributed by atoms with Crippen LogP contribution < -0.4 is 10.2 Å². The second-order valence-electron chi connectivity index (χ2n) is 11.8. The summed E-state index contributed by atoms with van der Waals surface area (Å²) in [6, 6.07) is 9.23. The number of carbonyl (C=O) groups is 3. The summed E-state index contributed by atoms with van der Waals surface area (Å²) in [5, 5.41) is 15.1. The van der Waals surface area contributed by atoms with Crippen LogP contribution in [0.5, 0.6) is 0 Å². The number of imidazole rings is 1. The number of rotatable bonds is 8. The lowest BCUT2D eigenvalue weighted by Crippen LogP contribution is -2.53. The molecule has 3 aliphatic heterocycles. The number of nitrogens with zero attached hydrogens (tertiary/aromatic N) is 7. The summed E-state index contributed by atoms with van der Waals surface area (Å²) in [6.45, 7) is 2.22. The minimum atomic E-state index is -1.01. The van der Waals surface area contributed by atoms with Gasteiger partial charge in [-0.2, -0.15) is 0 Å². The molecule has 0 saturated carbocycles. The summed E-state index contributed by atoms with van der Waals surface area (Å²) in [4.78, 5) is 57.8. The summed E-state index contributed by atoms with van der Waals surface area (Å²) in [5.41, 5.74) is 2.15. The van der Waals surface area contributed by atoms with Crippen LogP contribution in [0.15, 0.2) is 76.5 Å². The molecule has 2 fully saturated rings. The van der Waals surface area contributed by atoms with Gasteiger partial charge in [-0.15, -0.1) is 11.3 Å². The average Bonchev–Trinajstić information content (AvgIpc) is 3.84. The highest BCUT2D eigenvalue weighted by molar-refractivity contribution is 7.11. The predicted molar refractivity (Wildman–Crippen MR) is 180 cm³/mol. The van der Waals surface area contributed by atoms with Gasteiger partial charge in [0, 0.05) is 72.8 Å². The smallest absolute Gasteiger partial charge is 0.338 e.